The number of thioether (sulfide) groups is 1. The fourth-order valence-electron chi connectivity index (χ4n) is 2.22. The molecular weight excluding hydrogens is 222 g/mol. The molecule has 2 aliphatic rings. The van der Waals surface area contributed by atoms with Gasteiger partial charge in [0.2, 0.25) is 0 Å². The predicted molar refractivity (Wildman–Crippen MR) is 67.9 cm³/mol. The van der Waals surface area contributed by atoms with Crippen LogP contribution in [0.5, 0.6) is 0 Å². The highest BCUT2D eigenvalue weighted by Gasteiger charge is 2.17. The molecule has 0 aromatic heterocycles. The van der Waals surface area contributed by atoms with Crippen molar-refractivity contribution in [1.82, 2.24) is 16.0 Å². The van der Waals surface area contributed by atoms with Crippen LogP contribution >= 0.6 is 11.8 Å². The lowest BCUT2D eigenvalue weighted by molar-refractivity contribution is 0.240. The van der Waals surface area contributed by atoms with Crippen molar-refractivity contribution >= 4 is 17.8 Å². The topological polar surface area (TPSA) is 53.2 Å². The zero-order chi connectivity index (χ0) is 11.2. The second-order valence-electron chi connectivity index (χ2n) is 4.52. The molecule has 2 fully saturated rings. The molecule has 0 saturated carbocycles. The monoisotopic (exact) mass is 243 g/mol. The molecule has 2 rings (SSSR count). The van der Waals surface area contributed by atoms with Gasteiger partial charge in [-0.05, 0) is 38.0 Å². The van der Waals surface area contributed by atoms with Gasteiger partial charge in [-0.15, -0.1) is 0 Å². The van der Waals surface area contributed by atoms with Gasteiger partial charge in [0.15, 0.2) is 0 Å². The molecule has 3 N–H and O–H groups in total. The molecule has 0 radical (unpaired) electrons. The van der Waals surface area contributed by atoms with E-state index >= 15 is 0 Å². The van der Waals surface area contributed by atoms with Crippen molar-refractivity contribution < 1.29 is 4.79 Å². The summed E-state index contributed by atoms with van der Waals surface area (Å²) in [5.74, 6) is 1.25. The van der Waals surface area contributed by atoms with Gasteiger partial charge < -0.3 is 16.0 Å². The van der Waals surface area contributed by atoms with Gasteiger partial charge in [0.25, 0.3) is 0 Å². The van der Waals surface area contributed by atoms with Crippen molar-refractivity contribution in [3.8, 4) is 0 Å². The number of urea groups is 1. The summed E-state index contributed by atoms with van der Waals surface area (Å²) in [6.07, 6.45) is 4.95. The lowest BCUT2D eigenvalue weighted by atomic mass is 10.2. The van der Waals surface area contributed by atoms with Crippen LogP contribution < -0.4 is 16.0 Å². The largest absolute Gasteiger partial charge is 0.337 e. The lowest BCUT2D eigenvalue weighted by Gasteiger charge is -2.14. The van der Waals surface area contributed by atoms with Crippen molar-refractivity contribution in [2.45, 2.75) is 37.0 Å². The summed E-state index contributed by atoms with van der Waals surface area (Å²) in [5, 5.41) is 9.87. The summed E-state index contributed by atoms with van der Waals surface area (Å²) in [5.41, 5.74) is 0. The van der Waals surface area contributed by atoms with E-state index < -0.39 is 0 Å². The molecule has 0 aromatic carbocycles. The maximum atomic E-state index is 11.5. The summed E-state index contributed by atoms with van der Waals surface area (Å²) in [6, 6.07) is 0.466. The van der Waals surface area contributed by atoms with Gasteiger partial charge >= 0.3 is 6.03 Å². The first-order chi connectivity index (χ1) is 7.84. The van der Waals surface area contributed by atoms with Crippen molar-refractivity contribution in [3.63, 3.8) is 0 Å². The minimum absolute atomic E-state index is 0.0128. The second kappa shape index (κ2) is 6.35. The summed E-state index contributed by atoms with van der Waals surface area (Å²) in [6.45, 7) is 2.66. The first-order valence-electron chi connectivity index (χ1n) is 6.21. The molecule has 5 heteroatoms. The van der Waals surface area contributed by atoms with Gasteiger partial charge in [-0.1, -0.05) is 0 Å². The SMILES string of the molecule is O=C(NCC1CCCN1)NCC1CCCS1. The van der Waals surface area contributed by atoms with Crippen LogP contribution in [0.2, 0.25) is 0 Å². The molecule has 2 saturated heterocycles. The Morgan fingerprint density at radius 2 is 2.12 bits per heavy atom. The normalized spacial score (nSPS) is 29.2. The lowest BCUT2D eigenvalue weighted by Crippen LogP contribution is -2.43. The van der Waals surface area contributed by atoms with E-state index in [-0.39, 0.29) is 6.03 Å². The number of carbonyl (C=O) groups is 1. The Morgan fingerprint density at radius 1 is 1.25 bits per heavy atom. The second-order valence-corrected chi connectivity index (χ2v) is 5.93. The Bertz CT molecular complexity index is 203. The molecule has 16 heavy (non-hydrogen) atoms. The van der Waals surface area contributed by atoms with E-state index in [0.29, 0.717) is 11.3 Å². The van der Waals surface area contributed by atoms with E-state index in [1.165, 1.54) is 31.4 Å². The first kappa shape index (κ1) is 12.0. The van der Waals surface area contributed by atoms with E-state index in [1.807, 2.05) is 11.8 Å². The average Bonchev–Trinajstić information content (AvgIpc) is 2.96. The molecule has 2 atom stereocenters. The number of amides is 2. The Labute approximate surface area is 101 Å². The Balaban J connectivity index is 1.53. The summed E-state index contributed by atoms with van der Waals surface area (Å²) in [7, 11) is 0. The van der Waals surface area contributed by atoms with E-state index in [9.17, 15) is 4.79 Å². The maximum Gasteiger partial charge on any atom is 0.314 e. The van der Waals surface area contributed by atoms with Crippen LogP contribution in [-0.2, 0) is 0 Å². The zero-order valence-electron chi connectivity index (χ0n) is 9.63. The van der Waals surface area contributed by atoms with Crippen LogP contribution in [0.4, 0.5) is 4.79 Å². The van der Waals surface area contributed by atoms with E-state index in [4.69, 9.17) is 0 Å². The minimum Gasteiger partial charge on any atom is -0.337 e. The van der Waals surface area contributed by atoms with Gasteiger partial charge in [-0.2, -0.15) is 11.8 Å². The number of carbonyl (C=O) groups excluding carboxylic acids is 1. The van der Waals surface area contributed by atoms with Gasteiger partial charge in [-0.25, -0.2) is 4.79 Å². The zero-order valence-corrected chi connectivity index (χ0v) is 10.4. The average molecular weight is 243 g/mol. The smallest absolute Gasteiger partial charge is 0.314 e. The summed E-state index contributed by atoms with van der Waals surface area (Å²) >= 11 is 1.97. The fourth-order valence-corrected chi connectivity index (χ4v) is 3.42. The standard InChI is InChI=1S/C11H21N3OS/c15-11(13-7-9-3-1-5-12-9)14-8-10-4-2-6-16-10/h9-10,12H,1-8H2,(H2,13,14,15). The number of hydrogen-bond acceptors (Lipinski definition) is 3. The molecule has 0 bridgehead atoms. The molecule has 0 aliphatic carbocycles. The molecule has 2 unspecified atom stereocenters. The van der Waals surface area contributed by atoms with Gasteiger partial charge in [0.05, 0.1) is 0 Å². The minimum atomic E-state index is -0.0128. The molecule has 4 nitrogen and oxygen atoms in total. The van der Waals surface area contributed by atoms with Crippen LogP contribution in [0.3, 0.4) is 0 Å². The van der Waals surface area contributed by atoms with Crippen LogP contribution in [-0.4, -0.2) is 42.7 Å². The molecular formula is C11H21N3OS. The van der Waals surface area contributed by atoms with Crippen LogP contribution in [0.1, 0.15) is 25.7 Å². The highest BCUT2D eigenvalue weighted by molar-refractivity contribution is 8.00. The van der Waals surface area contributed by atoms with Crippen molar-refractivity contribution in [1.29, 1.82) is 0 Å². The van der Waals surface area contributed by atoms with Crippen LogP contribution in [0.25, 0.3) is 0 Å². The quantitative estimate of drug-likeness (QED) is 0.688. The van der Waals surface area contributed by atoms with Crippen molar-refractivity contribution in [3.05, 3.63) is 0 Å². The van der Waals surface area contributed by atoms with Gasteiger partial charge in [-0.3, -0.25) is 0 Å². The Hall–Kier alpha value is -0.420. The molecule has 2 heterocycles. The summed E-state index contributed by atoms with van der Waals surface area (Å²) < 4.78 is 0. The van der Waals surface area contributed by atoms with E-state index in [2.05, 4.69) is 16.0 Å². The third kappa shape index (κ3) is 3.87. The predicted octanol–water partition coefficient (Wildman–Crippen LogP) is 0.933. The molecule has 0 aromatic rings. The maximum absolute atomic E-state index is 11.5. The molecule has 0 spiro atoms. The molecule has 2 aliphatic heterocycles. The van der Waals surface area contributed by atoms with Gasteiger partial charge in [0, 0.05) is 24.4 Å². The fraction of sp³-hybridized carbons (Fsp3) is 0.909. The van der Waals surface area contributed by atoms with Crippen molar-refractivity contribution in [2.24, 2.45) is 0 Å². The molecule has 92 valence electrons. The first-order valence-corrected chi connectivity index (χ1v) is 7.26. The molecule has 2 amide bonds. The van der Waals surface area contributed by atoms with Crippen LogP contribution in [0, 0.1) is 0 Å². The third-order valence-electron chi connectivity index (χ3n) is 3.19. The highest BCUT2D eigenvalue weighted by Crippen LogP contribution is 2.25. The third-order valence-corrected chi connectivity index (χ3v) is 4.58. The van der Waals surface area contributed by atoms with Crippen LogP contribution in [0.15, 0.2) is 0 Å². The Morgan fingerprint density at radius 3 is 2.81 bits per heavy atom. The summed E-state index contributed by atoms with van der Waals surface area (Å²) in [4.78, 5) is 11.5. The number of hydrogen-bond donors (Lipinski definition) is 3. The van der Waals surface area contributed by atoms with E-state index in [0.717, 1.165) is 19.6 Å². The highest BCUT2D eigenvalue weighted by atomic mass is 32.2. The number of nitrogens with one attached hydrogen (secondary N) is 3. The number of rotatable bonds is 4. The Kier molecular flexibility index (Phi) is 4.78. The van der Waals surface area contributed by atoms with E-state index in [1.54, 1.807) is 0 Å². The van der Waals surface area contributed by atoms with Gasteiger partial charge in [0.1, 0.15) is 0 Å². The van der Waals surface area contributed by atoms with Crippen molar-refractivity contribution in [2.75, 3.05) is 25.4 Å².